The summed E-state index contributed by atoms with van der Waals surface area (Å²) in [7, 11) is 3.54. The summed E-state index contributed by atoms with van der Waals surface area (Å²) in [5, 5.41) is 1.06. The predicted octanol–water partition coefficient (Wildman–Crippen LogP) is 2.58. The third-order valence-electron chi connectivity index (χ3n) is 1.99. The molecule has 0 amide bonds. The molecule has 0 bridgehead atoms. The Balaban J connectivity index is 2.81. The fraction of sp³-hybridized carbons (Fsp3) is 0.0909. The van der Waals surface area contributed by atoms with Crippen molar-refractivity contribution in [3.8, 4) is 5.75 Å². The third kappa shape index (κ3) is 1.35. The van der Waals surface area contributed by atoms with Gasteiger partial charge in [0.2, 0.25) is 5.75 Å². The first-order valence-corrected chi connectivity index (χ1v) is 4.14. The number of hydrogen-bond acceptors (Lipinski definition) is 1. The van der Waals surface area contributed by atoms with Crippen LogP contribution in [0.5, 0.6) is 5.75 Å². The zero-order valence-corrected chi connectivity index (χ0v) is 7.49. The van der Waals surface area contributed by atoms with E-state index in [4.69, 9.17) is 0 Å². The highest BCUT2D eigenvalue weighted by molar-refractivity contribution is 5.84. The number of hydrogen-bond donors (Lipinski definition) is 0. The summed E-state index contributed by atoms with van der Waals surface area (Å²) in [5.41, 5.74) is 1.95. The van der Waals surface area contributed by atoms with Gasteiger partial charge < -0.3 is 4.74 Å². The van der Waals surface area contributed by atoms with Crippen LogP contribution in [0.1, 0.15) is 5.69 Å². The average molecular weight is 173 g/mol. The van der Waals surface area contributed by atoms with Gasteiger partial charge in [-0.15, -0.1) is 0 Å². The molecule has 1 aromatic carbocycles. The first kappa shape index (κ1) is 8.05. The molecule has 66 valence electrons. The van der Waals surface area contributed by atoms with Crippen LogP contribution in [-0.4, -0.2) is 9.72 Å². The first-order chi connectivity index (χ1) is 6.31. The summed E-state index contributed by atoms with van der Waals surface area (Å²) in [6.45, 7) is 1.96. The Morgan fingerprint density at radius 3 is 2.85 bits per heavy atom. The standard InChI is InChI=1S/C11H11NO/c1-8-7-11(13-2)9-5-3-4-6-10(9)12-8/h3-7,13H,2H2,1H3. The van der Waals surface area contributed by atoms with E-state index in [1.165, 1.54) is 0 Å². The van der Waals surface area contributed by atoms with Crippen molar-refractivity contribution >= 4 is 10.9 Å². The molecule has 1 N–H and O–H groups in total. The third-order valence-corrected chi connectivity index (χ3v) is 1.99. The van der Waals surface area contributed by atoms with E-state index in [1.54, 1.807) is 0 Å². The SMILES string of the molecule is [CH2-][OH+]c1cc(C)nc2ccccc12. The molecule has 0 atom stereocenters. The van der Waals surface area contributed by atoms with Crippen molar-refractivity contribution in [3.63, 3.8) is 0 Å². The number of aromatic nitrogens is 1. The Hall–Kier alpha value is -1.57. The van der Waals surface area contributed by atoms with Crippen molar-refractivity contribution in [3.05, 3.63) is 43.1 Å². The van der Waals surface area contributed by atoms with Gasteiger partial charge in [0.25, 0.3) is 0 Å². The van der Waals surface area contributed by atoms with E-state index in [1.807, 2.05) is 37.3 Å². The molecule has 0 unspecified atom stereocenters. The number of benzene rings is 1. The van der Waals surface area contributed by atoms with Crippen molar-refractivity contribution in [2.75, 3.05) is 0 Å². The number of aliphatic hydroxyl groups is 1. The van der Waals surface area contributed by atoms with Crippen LogP contribution in [0.15, 0.2) is 30.3 Å². The molecular formula is C11H11NO. The van der Waals surface area contributed by atoms with Crippen molar-refractivity contribution in [1.82, 2.24) is 4.98 Å². The maximum Gasteiger partial charge on any atom is 0.237 e. The van der Waals surface area contributed by atoms with Gasteiger partial charge in [0.15, 0.2) is 0 Å². The quantitative estimate of drug-likeness (QED) is 0.480. The summed E-state index contributed by atoms with van der Waals surface area (Å²) in [6.07, 6.45) is 0. The number of para-hydroxylation sites is 1. The van der Waals surface area contributed by atoms with E-state index in [0.29, 0.717) is 0 Å². The largest absolute Gasteiger partial charge is 0.721 e. The summed E-state index contributed by atoms with van der Waals surface area (Å²) in [4.78, 5) is 4.40. The van der Waals surface area contributed by atoms with Gasteiger partial charge >= 0.3 is 0 Å². The first-order valence-electron chi connectivity index (χ1n) is 4.14. The molecule has 0 spiro atoms. The second-order valence-electron chi connectivity index (χ2n) is 2.96. The normalized spacial score (nSPS) is 10.3. The Kier molecular flexibility index (Phi) is 1.89. The number of ether oxygens (including phenoxy) is 1. The number of rotatable bonds is 1. The Bertz CT molecular complexity index is 437. The zero-order chi connectivity index (χ0) is 9.26. The monoisotopic (exact) mass is 173 g/mol. The molecule has 2 rings (SSSR count). The minimum Gasteiger partial charge on any atom is -0.721 e. The predicted molar refractivity (Wildman–Crippen MR) is 53.5 cm³/mol. The van der Waals surface area contributed by atoms with Gasteiger partial charge in [0.05, 0.1) is 17.0 Å². The van der Waals surface area contributed by atoms with Gasteiger partial charge in [0, 0.05) is 5.69 Å². The van der Waals surface area contributed by atoms with Gasteiger partial charge in [-0.1, -0.05) is 12.1 Å². The van der Waals surface area contributed by atoms with Crippen LogP contribution in [0.3, 0.4) is 0 Å². The molecule has 13 heavy (non-hydrogen) atoms. The van der Waals surface area contributed by atoms with E-state index in [2.05, 4.69) is 16.8 Å². The molecule has 0 aliphatic rings. The van der Waals surface area contributed by atoms with Gasteiger partial charge in [-0.3, -0.25) is 4.98 Å². The maximum atomic E-state index is 4.40. The van der Waals surface area contributed by atoms with Crippen molar-refractivity contribution in [1.29, 1.82) is 0 Å². The molecule has 0 fully saturated rings. The average Bonchev–Trinajstić information content (AvgIpc) is 2.16. The van der Waals surface area contributed by atoms with Crippen LogP contribution < -0.4 is 0 Å². The van der Waals surface area contributed by atoms with Crippen LogP contribution in [0.25, 0.3) is 10.9 Å². The van der Waals surface area contributed by atoms with Gasteiger partial charge in [-0.2, -0.15) is 0 Å². The van der Waals surface area contributed by atoms with Crippen LogP contribution in [0, 0.1) is 14.0 Å². The Labute approximate surface area is 77.2 Å². The van der Waals surface area contributed by atoms with Crippen molar-refractivity contribution < 1.29 is 4.74 Å². The molecule has 0 aliphatic heterocycles. The molecule has 2 nitrogen and oxygen atoms in total. The Morgan fingerprint density at radius 2 is 2.08 bits per heavy atom. The van der Waals surface area contributed by atoms with E-state index in [9.17, 15) is 0 Å². The molecule has 0 saturated heterocycles. The Morgan fingerprint density at radius 1 is 1.31 bits per heavy atom. The fourth-order valence-corrected chi connectivity index (χ4v) is 1.42. The number of nitrogens with zero attached hydrogens (tertiary/aromatic N) is 1. The summed E-state index contributed by atoms with van der Waals surface area (Å²) >= 11 is 0. The number of aryl methyl sites for hydroxylation is 1. The number of pyridine rings is 1. The van der Waals surface area contributed by atoms with Gasteiger partial charge in [-0.05, 0) is 26.2 Å². The van der Waals surface area contributed by atoms with Crippen molar-refractivity contribution in [2.45, 2.75) is 6.92 Å². The maximum absolute atomic E-state index is 4.40. The van der Waals surface area contributed by atoms with Crippen molar-refractivity contribution in [2.24, 2.45) is 0 Å². The molecule has 0 saturated carbocycles. The zero-order valence-electron chi connectivity index (χ0n) is 7.49. The molecule has 1 aromatic heterocycles. The van der Waals surface area contributed by atoms with Crippen LogP contribution >= 0.6 is 0 Å². The summed E-state index contributed by atoms with van der Waals surface area (Å²) < 4.78 is 3.97. The molecule has 0 radical (unpaired) electrons. The van der Waals surface area contributed by atoms with Crippen LogP contribution in [0.4, 0.5) is 0 Å². The lowest BCUT2D eigenvalue weighted by Gasteiger charge is -2.07. The second kappa shape index (κ2) is 3.05. The van der Waals surface area contributed by atoms with E-state index in [-0.39, 0.29) is 0 Å². The number of fused-ring (bicyclic) bond motifs is 1. The van der Waals surface area contributed by atoms with Crippen LogP contribution in [-0.2, 0) is 0 Å². The summed E-state index contributed by atoms with van der Waals surface area (Å²) in [6, 6.07) is 9.88. The van der Waals surface area contributed by atoms with E-state index in [0.717, 1.165) is 22.3 Å². The van der Waals surface area contributed by atoms with E-state index >= 15 is 0 Å². The smallest absolute Gasteiger partial charge is 0.237 e. The minimum absolute atomic E-state index is 0.906. The highest BCUT2D eigenvalue weighted by Crippen LogP contribution is 2.25. The lowest BCUT2D eigenvalue weighted by molar-refractivity contribution is 0.189. The van der Waals surface area contributed by atoms with Gasteiger partial charge in [-0.25, -0.2) is 0 Å². The summed E-state index contributed by atoms with van der Waals surface area (Å²) in [5.74, 6) is 0.906. The molecule has 2 aromatic rings. The molecular weight excluding hydrogens is 162 g/mol. The highest BCUT2D eigenvalue weighted by atomic mass is 16.5. The number of aromatic hydroxyl groups is 1. The lowest BCUT2D eigenvalue weighted by Crippen LogP contribution is -1.86. The van der Waals surface area contributed by atoms with Gasteiger partial charge in [0.1, 0.15) is 0 Å². The second-order valence-corrected chi connectivity index (χ2v) is 2.96. The van der Waals surface area contributed by atoms with Crippen LogP contribution in [0.2, 0.25) is 0 Å². The van der Waals surface area contributed by atoms with E-state index < -0.39 is 0 Å². The minimum atomic E-state index is 0.906. The fourth-order valence-electron chi connectivity index (χ4n) is 1.42. The molecule has 1 heterocycles. The topological polar surface area (TPSA) is 25.7 Å². The molecule has 2 heteroatoms. The highest BCUT2D eigenvalue weighted by Gasteiger charge is 2.04. The molecule has 0 aliphatic carbocycles. The lowest BCUT2D eigenvalue weighted by atomic mass is 10.2.